The smallest absolute Gasteiger partial charge is 0.0398 e. The van der Waals surface area contributed by atoms with Gasteiger partial charge in [-0.3, -0.25) is 0 Å². The van der Waals surface area contributed by atoms with Crippen molar-refractivity contribution in [1.29, 1.82) is 0 Å². The summed E-state index contributed by atoms with van der Waals surface area (Å²) in [5, 5.41) is 3.37. The first-order valence-corrected chi connectivity index (χ1v) is 7.88. The molecule has 0 saturated heterocycles. The maximum absolute atomic E-state index is 5.98. The molecule has 0 aliphatic carbocycles. The van der Waals surface area contributed by atoms with E-state index < -0.39 is 0 Å². The van der Waals surface area contributed by atoms with Crippen LogP contribution in [0.1, 0.15) is 39.2 Å². The van der Waals surface area contributed by atoms with Gasteiger partial charge in [0.1, 0.15) is 0 Å². The summed E-state index contributed by atoms with van der Waals surface area (Å²) < 4.78 is 1.10. The molecule has 1 aromatic rings. The van der Waals surface area contributed by atoms with Crippen molar-refractivity contribution in [1.82, 2.24) is 5.32 Å². The Labute approximate surface area is 136 Å². The maximum atomic E-state index is 5.98. The third-order valence-corrected chi connectivity index (χ3v) is 3.99. The molecule has 0 atom stereocenters. The largest absolute Gasteiger partial charge is 0.398 e. The molecule has 0 spiro atoms. The summed E-state index contributed by atoms with van der Waals surface area (Å²) in [5.74, 6) is 0. The van der Waals surface area contributed by atoms with E-state index in [1.54, 1.807) is 0 Å². The Kier molecular flexibility index (Phi) is 6.85. The average molecular weight is 382 g/mol. The molecule has 1 rings (SSSR count). The molecule has 0 aliphatic heterocycles. The van der Waals surface area contributed by atoms with E-state index in [0.717, 1.165) is 38.9 Å². The predicted molar refractivity (Wildman–Crippen MR) is 98.4 cm³/mol. The molecule has 0 aromatic heterocycles. The molecular weight excluding hydrogens is 359 g/mol. The molecule has 0 unspecified atom stereocenters. The molecule has 0 radical (unpaired) electrons. The average Bonchev–Trinajstić information content (AvgIpc) is 2.42. The van der Waals surface area contributed by atoms with E-state index in [-0.39, 0.29) is 0 Å². The van der Waals surface area contributed by atoms with Crippen LogP contribution in [0.15, 0.2) is 53.9 Å². The zero-order valence-corrected chi connectivity index (χ0v) is 14.6. The first-order valence-electron chi connectivity index (χ1n) is 6.80. The lowest BCUT2D eigenvalue weighted by molar-refractivity contribution is 0.874. The quantitative estimate of drug-likeness (QED) is 0.401. The van der Waals surface area contributed by atoms with Crippen LogP contribution in [0.3, 0.4) is 0 Å². The van der Waals surface area contributed by atoms with Gasteiger partial charge in [-0.25, -0.2) is 0 Å². The van der Waals surface area contributed by atoms with Gasteiger partial charge >= 0.3 is 0 Å². The highest BCUT2D eigenvalue weighted by Gasteiger charge is 2.04. The number of anilines is 1. The second-order valence-corrected chi connectivity index (χ2v) is 6.02. The third-order valence-electron chi connectivity index (χ3n) is 3.10. The topological polar surface area (TPSA) is 38.0 Å². The summed E-state index contributed by atoms with van der Waals surface area (Å²) >= 11 is 2.30. The van der Waals surface area contributed by atoms with Crippen molar-refractivity contribution in [3.8, 4) is 0 Å². The Morgan fingerprint density at radius 2 is 2.00 bits per heavy atom. The van der Waals surface area contributed by atoms with Crippen LogP contribution >= 0.6 is 22.6 Å². The summed E-state index contributed by atoms with van der Waals surface area (Å²) in [6, 6.07) is 7.89. The molecule has 0 heterocycles. The Balaban J connectivity index is 2.93. The molecule has 0 amide bonds. The number of hydrogen-bond acceptors (Lipinski definition) is 2. The van der Waals surface area contributed by atoms with Crippen LogP contribution in [0.2, 0.25) is 0 Å². The van der Waals surface area contributed by atoms with Crippen LogP contribution in [-0.2, 0) is 0 Å². The number of rotatable bonds is 6. The van der Waals surface area contributed by atoms with Crippen molar-refractivity contribution in [3.63, 3.8) is 0 Å². The van der Waals surface area contributed by atoms with Gasteiger partial charge in [0, 0.05) is 26.7 Å². The fourth-order valence-electron chi connectivity index (χ4n) is 2.02. The minimum Gasteiger partial charge on any atom is -0.398 e. The standard InChI is InChI=1S/C17H23IN2/c1-5-8-14(12(2)3)13(4)20-11-16(18)15-9-6-7-10-17(15)19/h6-7,9-11,20H,2,5,8,19H2,1,3-4H3/b14-13-,16-11+. The van der Waals surface area contributed by atoms with Gasteiger partial charge in [0.25, 0.3) is 0 Å². The molecule has 3 N–H and O–H groups in total. The Hall–Kier alpha value is -1.23. The number of nitrogens with two attached hydrogens (primary N) is 1. The predicted octanol–water partition coefficient (Wildman–Crippen LogP) is 5.24. The van der Waals surface area contributed by atoms with Crippen LogP contribution in [0.5, 0.6) is 0 Å². The van der Waals surface area contributed by atoms with Gasteiger partial charge in [-0.05, 0) is 54.5 Å². The van der Waals surface area contributed by atoms with Crippen molar-refractivity contribution in [2.24, 2.45) is 0 Å². The van der Waals surface area contributed by atoms with Gasteiger partial charge < -0.3 is 11.1 Å². The zero-order valence-electron chi connectivity index (χ0n) is 12.5. The number of hydrogen-bond donors (Lipinski definition) is 2. The van der Waals surface area contributed by atoms with Crippen LogP contribution < -0.4 is 11.1 Å². The van der Waals surface area contributed by atoms with E-state index in [1.807, 2.05) is 30.5 Å². The van der Waals surface area contributed by atoms with Gasteiger partial charge in [0.2, 0.25) is 0 Å². The molecule has 0 aliphatic rings. The summed E-state index contributed by atoms with van der Waals surface area (Å²) in [6.07, 6.45) is 4.17. The lowest BCUT2D eigenvalue weighted by Crippen LogP contribution is -2.06. The molecular formula is C17H23IN2. The van der Waals surface area contributed by atoms with E-state index in [4.69, 9.17) is 5.73 Å². The second kappa shape index (κ2) is 8.15. The summed E-state index contributed by atoms with van der Waals surface area (Å²) in [7, 11) is 0. The minimum absolute atomic E-state index is 0.797. The van der Waals surface area contributed by atoms with E-state index in [2.05, 4.69) is 55.3 Å². The van der Waals surface area contributed by atoms with Gasteiger partial charge in [-0.15, -0.1) is 0 Å². The highest BCUT2D eigenvalue weighted by Crippen LogP contribution is 2.26. The zero-order chi connectivity index (χ0) is 15.1. The molecule has 0 saturated carbocycles. The number of nitrogen functional groups attached to an aromatic ring is 1. The van der Waals surface area contributed by atoms with Crippen molar-refractivity contribution in [2.45, 2.75) is 33.6 Å². The number of allylic oxidation sites excluding steroid dienone is 3. The lowest BCUT2D eigenvalue weighted by Gasteiger charge is -2.12. The van der Waals surface area contributed by atoms with E-state index in [9.17, 15) is 0 Å². The maximum Gasteiger partial charge on any atom is 0.0398 e. The molecule has 3 heteroatoms. The first kappa shape index (κ1) is 16.8. The molecule has 108 valence electrons. The summed E-state index contributed by atoms with van der Waals surface area (Å²) in [5.41, 5.74) is 11.4. The number of halogens is 1. The van der Waals surface area contributed by atoms with Crippen LogP contribution in [0.25, 0.3) is 3.58 Å². The first-order chi connectivity index (χ1) is 9.47. The number of para-hydroxylation sites is 1. The normalized spacial score (nSPS) is 12.9. The third kappa shape index (κ3) is 4.71. The number of benzene rings is 1. The monoisotopic (exact) mass is 382 g/mol. The fraction of sp³-hybridized carbons (Fsp3) is 0.294. The van der Waals surface area contributed by atoms with Crippen LogP contribution in [0, 0.1) is 0 Å². The van der Waals surface area contributed by atoms with Crippen molar-refractivity contribution < 1.29 is 0 Å². The molecule has 0 fully saturated rings. The Morgan fingerprint density at radius 1 is 1.35 bits per heavy atom. The molecule has 20 heavy (non-hydrogen) atoms. The molecule has 1 aromatic carbocycles. The van der Waals surface area contributed by atoms with Gasteiger partial charge in [0.05, 0.1) is 0 Å². The SMILES string of the molecule is C=C(C)/C(CCC)=C(/C)N/C=C(/I)c1ccccc1N. The highest BCUT2D eigenvalue weighted by molar-refractivity contribution is 14.1. The van der Waals surface area contributed by atoms with Crippen LogP contribution in [-0.4, -0.2) is 0 Å². The Bertz CT molecular complexity index is 542. The van der Waals surface area contributed by atoms with Crippen molar-refractivity contribution in [2.75, 3.05) is 5.73 Å². The summed E-state index contributed by atoms with van der Waals surface area (Å²) in [4.78, 5) is 0. The van der Waals surface area contributed by atoms with E-state index >= 15 is 0 Å². The summed E-state index contributed by atoms with van der Waals surface area (Å²) in [6.45, 7) is 10.4. The second-order valence-electron chi connectivity index (χ2n) is 4.86. The number of nitrogens with one attached hydrogen (secondary N) is 1. The minimum atomic E-state index is 0.797. The highest BCUT2D eigenvalue weighted by atomic mass is 127. The van der Waals surface area contributed by atoms with E-state index in [0.29, 0.717) is 0 Å². The molecule has 2 nitrogen and oxygen atoms in total. The van der Waals surface area contributed by atoms with Crippen molar-refractivity contribution >= 4 is 31.9 Å². The van der Waals surface area contributed by atoms with Gasteiger partial charge in [-0.2, -0.15) is 0 Å². The van der Waals surface area contributed by atoms with E-state index in [1.165, 1.54) is 5.57 Å². The lowest BCUT2D eigenvalue weighted by atomic mass is 10.0. The van der Waals surface area contributed by atoms with Crippen LogP contribution in [0.4, 0.5) is 5.69 Å². The Morgan fingerprint density at radius 3 is 2.55 bits per heavy atom. The molecule has 0 bridgehead atoms. The van der Waals surface area contributed by atoms with Gasteiger partial charge in [0.15, 0.2) is 0 Å². The van der Waals surface area contributed by atoms with Crippen molar-refractivity contribution in [3.05, 3.63) is 59.5 Å². The van der Waals surface area contributed by atoms with Gasteiger partial charge in [-0.1, -0.05) is 43.7 Å². The fourth-order valence-corrected chi connectivity index (χ4v) is 2.67.